The number of aliphatic hydroxyl groups excluding tert-OH is 2. The molecule has 9 atom stereocenters. The number of hydrogen-bond donors (Lipinski definition) is 8. The maximum Gasteiger partial charge on any atom is 0.376 e. The number of unbranched alkanes of at least 4 members (excludes halogenated alkanes) is 34. The van der Waals surface area contributed by atoms with Crippen LogP contribution in [-0.2, 0) is 76.8 Å². The normalized spacial score (nSPS) is 14.5. The quantitative estimate of drug-likeness (QED) is 0.00750. The second-order valence-electron chi connectivity index (χ2n) is 33.3. The van der Waals surface area contributed by atoms with Crippen molar-refractivity contribution in [2.24, 2.45) is 5.92 Å². The van der Waals surface area contributed by atoms with Crippen molar-refractivity contribution >= 4 is 51.3 Å². The zero-order valence-electron chi connectivity index (χ0n) is 77.7. The second kappa shape index (κ2) is 82.2. The number of allylic oxidation sites excluding steroid dienone is 4. The van der Waals surface area contributed by atoms with Gasteiger partial charge in [-0.05, 0) is 127 Å². The summed E-state index contributed by atoms with van der Waals surface area (Å²) in [5, 5.41) is 36.0. The summed E-state index contributed by atoms with van der Waals surface area (Å²) in [5.74, 6) is -3.82. The van der Waals surface area contributed by atoms with Gasteiger partial charge in [0.1, 0.15) is 55.4 Å². The Morgan fingerprint density at radius 3 is 1.47 bits per heavy atom. The highest BCUT2D eigenvalue weighted by molar-refractivity contribution is 7.52. The van der Waals surface area contributed by atoms with E-state index >= 15 is 0 Å². The third-order valence-electron chi connectivity index (χ3n) is 21.6. The van der Waals surface area contributed by atoms with Crippen LogP contribution >= 0.6 is 16.0 Å². The lowest BCUT2D eigenvalue weighted by Gasteiger charge is -2.28. The number of ether oxygens (including phenoxy) is 5. The number of likely N-dealkylation sites (N-methyl/N-ethyl adjacent to an activating group) is 1. The second-order valence-corrected chi connectivity index (χ2v) is 36.2. The molecule has 0 aliphatic carbocycles. The molecule has 1 aromatic rings. The van der Waals surface area contributed by atoms with Crippen LogP contribution in [0.2, 0.25) is 0 Å². The summed E-state index contributed by atoms with van der Waals surface area (Å²) in [4.78, 5) is 119. The van der Waals surface area contributed by atoms with Gasteiger partial charge in [0.05, 0.1) is 57.6 Å². The number of carbonyl (C=O) groups excluding carboxylic acids is 6. The van der Waals surface area contributed by atoms with Crippen molar-refractivity contribution in [3.63, 3.8) is 0 Å². The van der Waals surface area contributed by atoms with Gasteiger partial charge in [0, 0.05) is 58.3 Å². The number of phosphoric acid groups is 2. The molecule has 0 aromatic heterocycles. The minimum atomic E-state index is -5.14. The minimum absolute atomic E-state index is 0.115. The van der Waals surface area contributed by atoms with Crippen molar-refractivity contribution in [1.82, 2.24) is 26.6 Å². The molecule has 0 radical (unpaired) electrons. The van der Waals surface area contributed by atoms with Crippen LogP contribution in [0.15, 0.2) is 48.6 Å². The van der Waals surface area contributed by atoms with Gasteiger partial charge >= 0.3 is 14.1 Å². The van der Waals surface area contributed by atoms with E-state index in [4.69, 9.17) is 41.8 Å². The highest BCUT2D eigenvalue weighted by Crippen LogP contribution is 2.47. The summed E-state index contributed by atoms with van der Waals surface area (Å²) in [6, 6.07) is 4.77. The van der Waals surface area contributed by atoms with Gasteiger partial charge in [-0.2, -0.15) is 13.9 Å². The zero-order chi connectivity index (χ0) is 90.2. The Morgan fingerprint density at radius 1 is 0.472 bits per heavy atom. The smallest absolute Gasteiger partial charge is 0.376 e. The molecule has 0 heterocycles. The van der Waals surface area contributed by atoms with Crippen LogP contribution in [0.3, 0.4) is 0 Å². The minimum Gasteiger partial charge on any atom is -0.756 e. The van der Waals surface area contributed by atoms with Crippen LogP contribution < -0.4 is 41.1 Å². The van der Waals surface area contributed by atoms with E-state index in [0.717, 1.165) is 148 Å². The summed E-state index contributed by atoms with van der Waals surface area (Å²) in [7, 11) is -8.28. The Morgan fingerprint density at radius 2 is 0.935 bits per heavy atom. The van der Waals surface area contributed by atoms with E-state index in [0.29, 0.717) is 82.3 Å². The van der Waals surface area contributed by atoms with Gasteiger partial charge in [0.25, 0.3) is 7.82 Å². The molecule has 123 heavy (non-hydrogen) atoms. The van der Waals surface area contributed by atoms with Gasteiger partial charge in [0.2, 0.25) is 17.7 Å². The fraction of sp³-hybridized carbons (Fsp3) is 0.832. The van der Waals surface area contributed by atoms with Crippen molar-refractivity contribution in [3.05, 3.63) is 54.1 Å². The van der Waals surface area contributed by atoms with Crippen molar-refractivity contribution < 1.29 is 100 Å². The molecule has 28 heteroatoms. The molecule has 8 N–H and O–H groups in total. The summed E-state index contributed by atoms with van der Waals surface area (Å²) in [5.41, 5.74) is 0.555. The zero-order valence-corrected chi connectivity index (χ0v) is 79.5. The molecular formula is C95H174N5O21P2-. The monoisotopic (exact) mass is 1780 g/mol. The maximum atomic E-state index is 14.1. The molecule has 0 saturated heterocycles. The van der Waals surface area contributed by atoms with Crippen LogP contribution in [0.25, 0.3) is 0 Å². The van der Waals surface area contributed by atoms with Crippen molar-refractivity contribution in [1.29, 1.82) is 0 Å². The van der Waals surface area contributed by atoms with E-state index in [9.17, 15) is 58.2 Å². The van der Waals surface area contributed by atoms with E-state index in [-0.39, 0.29) is 82.3 Å². The molecule has 0 fully saturated rings. The van der Waals surface area contributed by atoms with Crippen molar-refractivity contribution in [2.75, 3.05) is 86.1 Å². The number of aliphatic hydroxyl groups is 2. The van der Waals surface area contributed by atoms with E-state index in [1.807, 2.05) is 0 Å². The first-order valence-electron chi connectivity index (χ1n) is 48.5. The Labute approximate surface area is 744 Å². The van der Waals surface area contributed by atoms with Gasteiger partial charge in [-0.25, -0.2) is 0 Å². The molecule has 3 amide bonds. The highest BCUT2D eigenvalue weighted by atomic mass is 31.2. The third kappa shape index (κ3) is 73.3. The van der Waals surface area contributed by atoms with Crippen LogP contribution in [0.4, 0.5) is 0 Å². The molecule has 1 aromatic carbocycles. The molecule has 0 spiro atoms. The Hall–Kier alpha value is -4.18. The Balaban J connectivity index is 3.27. The van der Waals surface area contributed by atoms with Gasteiger partial charge in [0.15, 0.2) is 6.29 Å². The van der Waals surface area contributed by atoms with E-state index in [2.05, 4.69) is 92.4 Å². The lowest BCUT2D eigenvalue weighted by molar-refractivity contribution is -0.243. The van der Waals surface area contributed by atoms with E-state index in [1.165, 1.54) is 103 Å². The molecular weight excluding hydrogens is 1610 g/mol. The summed E-state index contributed by atoms with van der Waals surface area (Å²) in [6.07, 6.45) is 52.8. The Bertz CT molecular complexity index is 2810. The first kappa shape index (κ1) is 117. The molecule has 716 valence electrons. The average molecular weight is 1780 g/mol. The number of rotatable bonds is 92. The number of hydrogen-bond acceptors (Lipinski definition) is 23. The van der Waals surface area contributed by atoms with Crippen LogP contribution in [-0.4, -0.2) is 173 Å². The van der Waals surface area contributed by atoms with Crippen LogP contribution in [0, 0.1) is 5.92 Å². The maximum absolute atomic E-state index is 14.1. The molecule has 0 aliphatic rings. The number of carbonyl (C=O) groups is 6. The number of esters is 1. The lowest BCUT2D eigenvalue weighted by atomic mass is 9.97. The number of nitrogens with one attached hydrogen (secondary N) is 5. The van der Waals surface area contributed by atoms with E-state index in [1.54, 1.807) is 31.3 Å². The molecule has 26 nitrogen and oxygen atoms in total. The molecule has 0 bridgehead atoms. The van der Waals surface area contributed by atoms with Gasteiger partial charge in [-0.15, -0.1) is 0 Å². The third-order valence-corrected chi connectivity index (χ3v) is 23.5. The van der Waals surface area contributed by atoms with Gasteiger partial charge in [-0.1, -0.05) is 277 Å². The predicted octanol–water partition coefficient (Wildman–Crippen LogP) is 18.3. The van der Waals surface area contributed by atoms with Crippen LogP contribution in [0.1, 0.15) is 381 Å². The number of benzene rings is 1. The SMILES string of the molecule is CCCCCC/C=C\CCCC(=O)OC(CCCCCCC)CCOCC(CO[P+]([O-])(O)OCCNC(=O)C(Cc1ccc(OCCNC)cc1)C(=O)NCCOP(=O)([O-])OCC(COCCC(CCCCCCC)OC(O)CCC/C=C\CCCCCC)NC(O)CC(=O)CCCCCCCCCCC)NC(=O)CC(=O)CCCCCCCCCCC. The standard InChI is InChI=1S/C95H175N5O21P2/c1-8-14-20-26-30-34-38-44-48-54-84(101)75-90(103)99-82(77-113-69-64-87(56-50-42-24-18-12-5)120-92(105)58-52-46-40-36-32-28-22-16-10-3)79-118-122(109,110)116-72-67-97-94(107)89(74-81-60-62-86(63-61-81)115-71-66-96-7)95(108)98-68-73-117-123(111,112)119-80-83(100-91(104)76-85(102)55-49-45-39-35-31-27-21-15-9-2)78-114-70-65-88(57-51-43-25-19-13-6)121-93(106)59-53-47-41-37-33-29-23-17-11-4/h36-37,40-41,60-63,82-83,87-90,92,96,99,103,105H,8-35,38-39,42-59,64-80H2,1-7H3,(H,97,107)(H,98,108)(H,100,104)(H,109,110)(H,111,112)/p-1/b40-36-,41-37-. The molecule has 0 saturated carbocycles. The number of Topliss-reactive ketones (excluding diaryl/α,β-unsaturated/α-hetero) is 2. The van der Waals surface area contributed by atoms with Gasteiger partial charge in [-0.3, -0.25) is 38.6 Å². The first-order valence-corrected chi connectivity index (χ1v) is 51.5. The molecule has 1 rings (SSSR count). The first-order chi connectivity index (χ1) is 59.6. The summed E-state index contributed by atoms with van der Waals surface area (Å²) < 4.78 is 64.9. The Kier molecular flexibility index (Phi) is 78.1. The number of phosphoric ester groups is 2. The fourth-order valence-electron chi connectivity index (χ4n) is 14.2. The van der Waals surface area contributed by atoms with E-state index < -0.39 is 110 Å². The van der Waals surface area contributed by atoms with Gasteiger partial charge < -0.3 is 74.0 Å². The summed E-state index contributed by atoms with van der Waals surface area (Å²) >= 11 is 0. The van der Waals surface area contributed by atoms with Crippen molar-refractivity contribution in [3.8, 4) is 5.75 Å². The summed E-state index contributed by atoms with van der Waals surface area (Å²) in [6.45, 7) is 10.8. The molecule has 9 unspecified atom stereocenters. The highest BCUT2D eigenvalue weighted by Gasteiger charge is 2.32. The molecule has 0 aliphatic heterocycles. The number of ketones is 2. The predicted molar refractivity (Wildman–Crippen MR) is 489 cm³/mol. The number of amides is 3. The average Bonchev–Trinajstić information content (AvgIpc) is 1.08. The largest absolute Gasteiger partial charge is 0.756 e. The topological polar surface area (TPSA) is 370 Å². The fourth-order valence-corrected chi connectivity index (χ4v) is 15.7. The lowest BCUT2D eigenvalue weighted by Crippen LogP contribution is -2.45. The van der Waals surface area contributed by atoms with Crippen LogP contribution in [0.5, 0.6) is 5.75 Å². The van der Waals surface area contributed by atoms with Crippen molar-refractivity contribution in [2.45, 2.75) is 419 Å².